The first kappa shape index (κ1) is 16.1. The van der Waals surface area contributed by atoms with Crippen LogP contribution in [0.3, 0.4) is 0 Å². The van der Waals surface area contributed by atoms with E-state index in [1.54, 1.807) is 7.11 Å². The van der Waals surface area contributed by atoms with Gasteiger partial charge in [-0.3, -0.25) is 4.90 Å². The Morgan fingerprint density at radius 3 is 2.58 bits per heavy atom. The van der Waals surface area contributed by atoms with Crippen LogP contribution in [0.15, 0.2) is 18.2 Å². The first-order chi connectivity index (χ1) is 9.02. The summed E-state index contributed by atoms with van der Waals surface area (Å²) in [4.78, 5) is 2.90. The quantitative estimate of drug-likeness (QED) is 0.742. The molecule has 0 bridgehead atoms. The van der Waals surface area contributed by atoms with Crippen LogP contribution in [0.4, 0.5) is 0 Å². The molecule has 0 atom stereocenters. The van der Waals surface area contributed by atoms with E-state index in [9.17, 15) is 0 Å². The van der Waals surface area contributed by atoms with Crippen LogP contribution in [0.1, 0.15) is 23.1 Å². The number of thiocarbonyl (C=S) groups is 1. The van der Waals surface area contributed by atoms with Crippen LogP contribution < -0.4 is 5.73 Å². The molecule has 106 valence electrons. The standard InChI is InChI=1S/C15H24N2OS/c1-12-4-5-14(10-13(12)2)11-17(8-9-18-3)7-6-15(16)19/h4-5,10H,6-9,11H2,1-3H3,(H2,16,19). The van der Waals surface area contributed by atoms with Gasteiger partial charge < -0.3 is 10.5 Å². The second-order valence-corrected chi connectivity index (χ2v) is 5.43. The molecule has 0 aromatic heterocycles. The highest BCUT2D eigenvalue weighted by atomic mass is 32.1. The zero-order valence-corrected chi connectivity index (χ0v) is 12.9. The van der Waals surface area contributed by atoms with Crippen molar-refractivity contribution < 1.29 is 4.74 Å². The van der Waals surface area contributed by atoms with E-state index in [-0.39, 0.29) is 0 Å². The molecule has 1 rings (SSSR count). The largest absolute Gasteiger partial charge is 0.393 e. The maximum atomic E-state index is 5.58. The van der Waals surface area contributed by atoms with Crippen LogP contribution in [0, 0.1) is 13.8 Å². The number of aryl methyl sites for hydroxylation is 2. The predicted molar refractivity (Wildman–Crippen MR) is 84.5 cm³/mol. The van der Waals surface area contributed by atoms with Crippen molar-refractivity contribution >= 4 is 17.2 Å². The number of nitrogens with two attached hydrogens (primary N) is 1. The molecule has 0 saturated carbocycles. The second-order valence-electron chi connectivity index (χ2n) is 4.90. The van der Waals surface area contributed by atoms with Crippen LogP contribution >= 0.6 is 12.2 Å². The average Bonchev–Trinajstić information content (AvgIpc) is 2.37. The molecule has 19 heavy (non-hydrogen) atoms. The lowest BCUT2D eigenvalue weighted by molar-refractivity contribution is 0.146. The molecule has 0 aliphatic heterocycles. The summed E-state index contributed by atoms with van der Waals surface area (Å²) in [5.41, 5.74) is 9.56. The minimum absolute atomic E-state index is 0.572. The first-order valence-electron chi connectivity index (χ1n) is 6.58. The van der Waals surface area contributed by atoms with Gasteiger partial charge in [0.05, 0.1) is 11.6 Å². The summed E-state index contributed by atoms with van der Waals surface area (Å²) in [7, 11) is 1.72. The van der Waals surface area contributed by atoms with Crippen molar-refractivity contribution in [2.24, 2.45) is 5.73 Å². The molecule has 0 heterocycles. The Balaban J connectivity index is 2.63. The topological polar surface area (TPSA) is 38.5 Å². The van der Waals surface area contributed by atoms with Gasteiger partial charge in [-0.15, -0.1) is 0 Å². The minimum atomic E-state index is 0.572. The maximum absolute atomic E-state index is 5.58. The number of ether oxygens (including phenoxy) is 1. The summed E-state index contributed by atoms with van der Waals surface area (Å²) < 4.78 is 5.15. The molecule has 0 aliphatic rings. The molecule has 4 heteroatoms. The summed E-state index contributed by atoms with van der Waals surface area (Å²) in [5, 5.41) is 0. The summed E-state index contributed by atoms with van der Waals surface area (Å²) in [5.74, 6) is 0. The van der Waals surface area contributed by atoms with Crippen LogP contribution in [-0.2, 0) is 11.3 Å². The predicted octanol–water partition coefficient (Wildman–Crippen LogP) is 2.43. The van der Waals surface area contributed by atoms with Gasteiger partial charge in [0, 0.05) is 33.2 Å². The third kappa shape index (κ3) is 6.14. The third-order valence-electron chi connectivity index (χ3n) is 3.26. The summed E-state index contributed by atoms with van der Waals surface area (Å²) in [6.07, 6.45) is 0.754. The van der Waals surface area contributed by atoms with Crippen molar-refractivity contribution in [1.82, 2.24) is 4.90 Å². The van der Waals surface area contributed by atoms with Crippen molar-refractivity contribution in [3.05, 3.63) is 34.9 Å². The summed E-state index contributed by atoms with van der Waals surface area (Å²) in [6, 6.07) is 6.60. The Morgan fingerprint density at radius 1 is 1.26 bits per heavy atom. The molecule has 0 saturated heterocycles. The molecule has 0 fully saturated rings. The van der Waals surface area contributed by atoms with Gasteiger partial charge in [0.1, 0.15) is 0 Å². The van der Waals surface area contributed by atoms with E-state index in [0.717, 1.165) is 32.7 Å². The molecule has 3 nitrogen and oxygen atoms in total. The molecule has 0 unspecified atom stereocenters. The van der Waals surface area contributed by atoms with E-state index >= 15 is 0 Å². The van der Waals surface area contributed by atoms with E-state index < -0.39 is 0 Å². The smallest absolute Gasteiger partial charge is 0.0740 e. The van der Waals surface area contributed by atoms with E-state index in [1.165, 1.54) is 16.7 Å². The fourth-order valence-electron chi connectivity index (χ4n) is 1.92. The fourth-order valence-corrected chi connectivity index (χ4v) is 2.01. The Morgan fingerprint density at radius 2 is 2.00 bits per heavy atom. The first-order valence-corrected chi connectivity index (χ1v) is 6.99. The summed E-state index contributed by atoms with van der Waals surface area (Å²) >= 11 is 4.95. The van der Waals surface area contributed by atoms with Gasteiger partial charge in [0.25, 0.3) is 0 Å². The van der Waals surface area contributed by atoms with Gasteiger partial charge >= 0.3 is 0 Å². The summed E-state index contributed by atoms with van der Waals surface area (Å²) in [6.45, 7) is 7.69. The van der Waals surface area contributed by atoms with E-state index in [1.807, 2.05) is 0 Å². The Bertz CT molecular complexity index is 421. The van der Waals surface area contributed by atoms with Crippen LogP contribution in [-0.4, -0.2) is 36.7 Å². The monoisotopic (exact) mass is 280 g/mol. The van der Waals surface area contributed by atoms with Crippen LogP contribution in [0.25, 0.3) is 0 Å². The molecule has 0 aliphatic carbocycles. The van der Waals surface area contributed by atoms with Crippen molar-refractivity contribution in [2.75, 3.05) is 26.8 Å². The molecule has 1 aromatic rings. The van der Waals surface area contributed by atoms with Gasteiger partial charge in [0.15, 0.2) is 0 Å². The van der Waals surface area contributed by atoms with Gasteiger partial charge in [-0.1, -0.05) is 30.4 Å². The van der Waals surface area contributed by atoms with Gasteiger partial charge in [-0.25, -0.2) is 0 Å². The minimum Gasteiger partial charge on any atom is -0.393 e. The van der Waals surface area contributed by atoms with Gasteiger partial charge in [-0.05, 0) is 30.5 Å². The Hall–Kier alpha value is -0.970. The Kier molecular flexibility index (Phi) is 6.99. The van der Waals surface area contributed by atoms with Gasteiger partial charge in [-0.2, -0.15) is 0 Å². The Labute approximate surface area is 121 Å². The number of hydrogen-bond donors (Lipinski definition) is 1. The lowest BCUT2D eigenvalue weighted by Crippen LogP contribution is -2.30. The lowest BCUT2D eigenvalue weighted by atomic mass is 10.1. The van der Waals surface area contributed by atoms with Crippen molar-refractivity contribution in [3.8, 4) is 0 Å². The van der Waals surface area contributed by atoms with E-state index in [4.69, 9.17) is 22.7 Å². The number of rotatable bonds is 8. The molecule has 0 radical (unpaired) electrons. The fraction of sp³-hybridized carbons (Fsp3) is 0.533. The lowest BCUT2D eigenvalue weighted by Gasteiger charge is -2.22. The second kappa shape index (κ2) is 8.25. The van der Waals surface area contributed by atoms with E-state index in [2.05, 4.69) is 36.9 Å². The average molecular weight is 280 g/mol. The van der Waals surface area contributed by atoms with Crippen molar-refractivity contribution in [3.63, 3.8) is 0 Å². The molecule has 0 amide bonds. The van der Waals surface area contributed by atoms with Crippen molar-refractivity contribution in [1.29, 1.82) is 0 Å². The van der Waals surface area contributed by atoms with Crippen LogP contribution in [0.5, 0.6) is 0 Å². The molecular formula is C15H24N2OS. The normalized spacial score (nSPS) is 10.9. The molecule has 1 aromatic carbocycles. The molecular weight excluding hydrogens is 256 g/mol. The highest BCUT2D eigenvalue weighted by Gasteiger charge is 2.07. The number of hydrogen-bond acceptors (Lipinski definition) is 3. The maximum Gasteiger partial charge on any atom is 0.0740 e. The molecule has 0 spiro atoms. The SMILES string of the molecule is COCCN(CCC(N)=S)Cc1ccc(C)c(C)c1. The van der Waals surface area contributed by atoms with Crippen molar-refractivity contribution in [2.45, 2.75) is 26.8 Å². The highest BCUT2D eigenvalue weighted by Crippen LogP contribution is 2.12. The number of methoxy groups -OCH3 is 1. The molecule has 2 N–H and O–H groups in total. The van der Waals surface area contributed by atoms with Gasteiger partial charge in [0.2, 0.25) is 0 Å². The zero-order chi connectivity index (χ0) is 14.3. The van der Waals surface area contributed by atoms with E-state index in [0.29, 0.717) is 4.99 Å². The number of nitrogens with zero attached hydrogens (tertiary/aromatic N) is 1. The third-order valence-corrected chi connectivity index (χ3v) is 3.47. The van der Waals surface area contributed by atoms with Crippen LogP contribution in [0.2, 0.25) is 0 Å². The number of benzene rings is 1. The zero-order valence-electron chi connectivity index (χ0n) is 12.1. The highest BCUT2D eigenvalue weighted by molar-refractivity contribution is 7.80.